The Balaban J connectivity index is 4.27. The molecule has 76 valence electrons. The highest BCUT2D eigenvalue weighted by molar-refractivity contribution is 6.28. The first kappa shape index (κ1) is 12.1. The highest BCUT2D eigenvalue weighted by atomic mass is 14.9. The zero-order valence-corrected chi connectivity index (χ0v) is 9.28. The van der Waals surface area contributed by atoms with E-state index in [2.05, 4.69) is 37.7 Å². The minimum absolute atomic E-state index is 0.262. The summed E-state index contributed by atoms with van der Waals surface area (Å²) in [7, 11) is 1.69. The third-order valence-corrected chi connectivity index (χ3v) is 2.43. The standard InChI is InChI=1S/C10H21N3/c1-7(2)8(3)9(4)13-10(11)6-12-5/h6-9H,1-5H3,(H2,11,13)/t8-,9-/m0/s1. The molecule has 0 aliphatic heterocycles. The fourth-order valence-electron chi connectivity index (χ4n) is 1.08. The van der Waals surface area contributed by atoms with Crippen LogP contribution in [0.4, 0.5) is 0 Å². The molecule has 2 atom stereocenters. The highest BCUT2D eigenvalue weighted by Gasteiger charge is 2.14. The van der Waals surface area contributed by atoms with Crippen molar-refractivity contribution in [1.82, 2.24) is 0 Å². The molecule has 0 spiro atoms. The average Bonchev–Trinajstić information content (AvgIpc) is 2.03. The molecule has 0 rings (SSSR count). The lowest BCUT2D eigenvalue weighted by Gasteiger charge is -2.19. The van der Waals surface area contributed by atoms with Crippen molar-refractivity contribution in [2.75, 3.05) is 7.05 Å². The summed E-state index contributed by atoms with van der Waals surface area (Å²) in [6, 6.07) is 0.262. The number of aliphatic imine (C=N–C) groups is 2. The zero-order chi connectivity index (χ0) is 10.4. The summed E-state index contributed by atoms with van der Waals surface area (Å²) in [5, 5.41) is 0. The molecule has 13 heavy (non-hydrogen) atoms. The number of hydrogen-bond donors (Lipinski definition) is 1. The fourth-order valence-corrected chi connectivity index (χ4v) is 1.08. The summed E-state index contributed by atoms with van der Waals surface area (Å²) in [5.74, 6) is 1.69. The lowest BCUT2D eigenvalue weighted by Crippen LogP contribution is -2.23. The molecule has 0 aliphatic rings. The molecule has 0 unspecified atom stereocenters. The van der Waals surface area contributed by atoms with Crippen LogP contribution in [-0.4, -0.2) is 25.1 Å². The van der Waals surface area contributed by atoms with Gasteiger partial charge in [0.1, 0.15) is 5.84 Å². The van der Waals surface area contributed by atoms with Gasteiger partial charge in [0.05, 0.1) is 12.3 Å². The molecule has 0 radical (unpaired) electrons. The molecule has 0 aliphatic carbocycles. The second-order valence-corrected chi connectivity index (χ2v) is 3.79. The Morgan fingerprint density at radius 1 is 1.23 bits per heavy atom. The van der Waals surface area contributed by atoms with Crippen molar-refractivity contribution in [2.45, 2.75) is 33.7 Å². The molecule has 0 aromatic heterocycles. The fraction of sp³-hybridized carbons (Fsp3) is 0.800. The van der Waals surface area contributed by atoms with Gasteiger partial charge in [-0.1, -0.05) is 20.8 Å². The smallest absolute Gasteiger partial charge is 0.136 e. The monoisotopic (exact) mass is 183 g/mol. The van der Waals surface area contributed by atoms with E-state index in [0.717, 1.165) is 0 Å². The van der Waals surface area contributed by atoms with Crippen LogP contribution in [0.5, 0.6) is 0 Å². The quantitative estimate of drug-likeness (QED) is 0.523. The van der Waals surface area contributed by atoms with Gasteiger partial charge in [0.25, 0.3) is 0 Å². The van der Waals surface area contributed by atoms with Gasteiger partial charge in [0.15, 0.2) is 0 Å². The molecule has 0 bridgehead atoms. The summed E-state index contributed by atoms with van der Waals surface area (Å²) in [6.07, 6.45) is 1.59. The number of hydrogen-bond acceptors (Lipinski definition) is 2. The van der Waals surface area contributed by atoms with E-state index in [1.54, 1.807) is 13.3 Å². The van der Waals surface area contributed by atoms with Crippen LogP contribution in [0, 0.1) is 11.8 Å². The molecular formula is C10H21N3. The van der Waals surface area contributed by atoms with E-state index in [-0.39, 0.29) is 6.04 Å². The van der Waals surface area contributed by atoms with Crippen molar-refractivity contribution in [2.24, 2.45) is 27.6 Å². The van der Waals surface area contributed by atoms with E-state index in [9.17, 15) is 0 Å². The van der Waals surface area contributed by atoms with Crippen molar-refractivity contribution in [1.29, 1.82) is 0 Å². The second-order valence-electron chi connectivity index (χ2n) is 3.79. The van der Waals surface area contributed by atoms with Gasteiger partial charge in [-0.05, 0) is 18.8 Å². The first-order valence-corrected chi connectivity index (χ1v) is 4.74. The molecule has 2 N–H and O–H groups in total. The van der Waals surface area contributed by atoms with Crippen LogP contribution in [0.15, 0.2) is 9.98 Å². The third-order valence-electron chi connectivity index (χ3n) is 2.43. The SMILES string of the molecule is CN=CC(N)=N[C@@H](C)[C@@H](C)C(C)C. The lowest BCUT2D eigenvalue weighted by molar-refractivity contribution is 0.364. The zero-order valence-electron chi connectivity index (χ0n) is 9.28. The molecule has 0 aromatic rings. The Labute approximate surface area is 81.2 Å². The van der Waals surface area contributed by atoms with E-state index >= 15 is 0 Å². The largest absolute Gasteiger partial charge is 0.383 e. The number of amidine groups is 1. The van der Waals surface area contributed by atoms with Gasteiger partial charge in [0.2, 0.25) is 0 Å². The van der Waals surface area contributed by atoms with Crippen molar-refractivity contribution >= 4 is 12.1 Å². The van der Waals surface area contributed by atoms with E-state index in [1.165, 1.54) is 0 Å². The molecule has 3 nitrogen and oxygen atoms in total. The van der Waals surface area contributed by atoms with E-state index in [1.807, 2.05) is 0 Å². The normalized spacial score (nSPS) is 18.2. The van der Waals surface area contributed by atoms with Crippen molar-refractivity contribution in [3.63, 3.8) is 0 Å². The molecule has 0 aromatic carbocycles. The van der Waals surface area contributed by atoms with Gasteiger partial charge in [-0.15, -0.1) is 0 Å². The molecule has 0 saturated heterocycles. The van der Waals surface area contributed by atoms with Crippen LogP contribution in [0.1, 0.15) is 27.7 Å². The molecule has 3 heteroatoms. The lowest BCUT2D eigenvalue weighted by atomic mass is 9.92. The van der Waals surface area contributed by atoms with Crippen molar-refractivity contribution in [3.05, 3.63) is 0 Å². The van der Waals surface area contributed by atoms with E-state index in [4.69, 9.17) is 5.73 Å². The minimum atomic E-state index is 0.262. The maximum absolute atomic E-state index is 5.62. The summed E-state index contributed by atoms with van der Waals surface area (Å²) in [5.41, 5.74) is 5.62. The van der Waals surface area contributed by atoms with Gasteiger partial charge in [-0.3, -0.25) is 9.98 Å². The number of rotatable bonds is 4. The minimum Gasteiger partial charge on any atom is -0.383 e. The maximum Gasteiger partial charge on any atom is 0.136 e. The van der Waals surface area contributed by atoms with Gasteiger partial charge in [0, 0.05) is 7.05 Å². The molecule has 0 saturated carbocycles. The van der Waals surface area contributed by atoms with Crippen LogP contribution in [0.25, 0.3) is 0 Å². The molecule has 0 amide bonds. The molecule has 0 fully saturated rings. The predicted molar refractivity (Wildman–Crippen MR) is 59.5 cm³/mol. The average molecular weight is 183 g/mol. The maximum atomic E-state index is 5.62. The first-order valence-electron chi connectivity index (χ1n) is 4.74. The Morgan fingerprint density at radius 3 is 2.15 bits per heavy atom. The van der Waals surface area contributed by atoms with Crippen molar-refractivity contribution < 1.29 is 0 Å². The topological polar surface area (TPSA) is 50.7 Å². The van der Waals surface area contributed by atoms with Crippen LogP contribution in [0.2, 0.25) is 0 Å². The Hall–Kier alpha value is -0.860. The first-order chi connectivity index (χ1) is 5.99. The Bertz CT molecular complexity index is 194. The van der Waals surface area contributed by atoms with Gasteiger partial charge in [-0.2, -0.15) is 0 Å². The van der Waals surface area contributed by atoms with Gasteiger partial charge >= 0.3 is 0 Å². The highest BCUT2D eigenvalue weighted by Crippen LogP contribution is 2.16. The van der Waals surface area contributed by atoms with E-state index in [0.29, 0.717) is 17.7 Å². The summed E-state index contributed by atoms with van der Waals surface area (Å²) < 4.78 is 0. The van der Waals surface area contributed by atoms with Crippen LogP contribution in [-0.2, 0) is 0 Å². The Kier molecular flexibility index (Phi) is 5.35. The number of nitrogens with zero attached hydrogens (tertiary/aromatic N) is 2. The van der Waals surface area contributed by atoms with Crippen LogP contribution in [0.3, 0.4) is 0 Å². The van der Waals surface area contributed by atoms with Crippen LogP contribution < -0.4 is 5.73 Å². The Morgan fingerprint density at radius 2 is 1.77 bits per heavy atom. The van der Waals surface area contributed by atoms with Gasteiger partial charge < -0.3 is 5.73 Å². The predicted octanol–water partition coefficient (Wildman–Crippen LogP) is 1.72. The summed E-state index contributed by atoms with van der Waals surface area (Å²) in [4.78, 5) is 8.15. The van der Waals surface area contributed by atoms with Crippen LogP contribution >= 0.6 is 0 Å². The number of nitrogens with two attached hydrogens (primary N) is 1. The van der Waals surface area contributed by atoms with Gasteiger partial charge in [-0.25, -0.2) is 0 Å². The molecular weight excluding hydrogens is 162 g/mol. The summed E-state index contributed by atoms with van der Waals surface area (Å²) >= 11 is 0. The summed E-state index contributed by atoms with van der Waals surface area (Å²) in [6.45, 7) is 8.66. The van der Waals surface area contributed by atoms with Crippen molar-refractivity contribution in [3.8, 4) is 0 Å². The molecule has 0 heterocycles. The van der Waals surface area contributed by atoms with E-state index < -0.39 is 0 Å². The second kappa shape index (κ2) is 5.73. The third kappa shape index (κ3) is 4.65.